The predicted molar refractivity (Wildman–Crippen MR) is 144 cm³/mol. The van der Waals surface area contributed by atoms with Crippen LogP contribution in [0.3, 0.4) is 0 Å². The maximum Gasteiger partial charge on any atom is 0.412 e. The van der Waals surface area contributed by atoms with E-state index in [9.17, 15) is 13.6 Å². The van der Waals surface area contributed by atoms with Gasteiger partial charge in [0.1, 0.15) is 11.9 Å². The Hall–Kier alpha value is -3.42. The summed E-state index contributed by atoms with van der Waals surface area (Å²) in [6, 6.07) is 19.4. The molecule has 1 heterocycles. The molecule has 0 saturated heterocycles. The molecule has 0 spiro atoms. The Morgan fingerprint density at radius 1 is 1.00 bits per heavy atom. The van der Waals surface area contributed by atoms with Crippen molar-refractivity contribution in [3.8, 4) is 27.3 Å². The first-order valence-corrected chi connectivity index (χ1v) is 13.0. The fourth-order valence-corrected chi connectivity index (χ4v) is 5.40. The third-order valence-electron chi connectivity index (χ3n) is 6.37. The van der Waals surface area contributed by atoms with Gasteiger partial charge in [0.2, 0.25) is 0 Å². The van der Waals surface area contributed by atoms with Gasteiger partial charge in [0.05, 0.1) is 22.0 Å². The summed E-state index contributed by atoms with van der Waals surface area (Å²) in [7, 11) is 1.62. The summed E-state index contributed by atoms with van der Waals surface area (Å²) in [6.45, 7) is 1.58. The highest BCUT2D eigenvalue weighted by Gasteiger charge is 2.23. The first-order chi connectivity index (χ1) is 17.8. The molecule has 5 rings (SSSR count). The number of halogens is 3. The van der Waals surface area contributed by atoms with Crippen LogP contribution in [0.15, 0.2) is 66.7 Å². The van der Waals surface area contributed by atoms with Gasteiger partial charge in [-0.15, -0.1) is 11.3 Å². The van der Waals surface area contributed by atoms with Gasteiger partial charge in [-0.2, -0.15) is 0 Å². The number of nitrogens with one attached hydrogen (secondary N) is 1. The first kappa shape index (κ1) is 25.2. The van der Waals surface area contributed by atoms with Crippen LogP contribution in [0, 0.1) is 11.6 Å². The van der Waals surface area contributed by atoms with Crippen molar-refractivity contribution in [1.82, 2.24) is 0 Å². The Morgan fingerprint density at radius 3 is 2.41 bits per heavy atom. The van der Waals surface area contributed by atoms with Crippen molar-refractivity contribution in [2.75, 3.05) is 12.4 Å². The van der Waals surface area contributed by atoms with Crippen molar-refractivity contribution in [1.29, 1.82) is 0 Å². The van der Waals surface area contributed by atoms with E-state index in [1.165, 1.54) is 35.8 Å². The van der Waals surface area contributed by atoms with Crippen LogP contribution in [-0.4, -0.2) is 13.2 Å². The van der Waals surface area contributed by atoms with Gasteiger partial charge in [-0.1, -0.05) is 54.1 Å². The molecule has 4 nitrogen and oxygen atoms in total. The van der Waals surface area contributed by atoms with Crippen LogP contribution in [0.25, 0.3) is 21.6 Å². The highest BCUT2D eigenvalue weighted by molar-refractivity contribution is 7.20. The van der Waals surface area contributed by atoms with Gasteiger partial charge in [-0.05, 0) is 72.2 Å². The third kappa shape index (κ3) is 5.63. The van der Waals surface area contributed by atoms with Crippen LogP contribution in [-0.2, 0) is 4.74 Å². The van der Waals surface area contributed by atoms with E-state index in [2.05, 4.69) is 29.6 Å². The van der Waals surface area contributed by atoms with Crippen LogP contribution in [0.5, 0.6) is 5.75 Å². The monoisotopic (exact) mass is 539 g/mol. The van der Waals surface area contributed by atoms with E-state index >= 15 is 0 Å². The molecule has 1 aromatic heterocycles. The number of amides is 1. The minimum absolute atomic E-state index is 0.336. The van der Waals surface area contributed by atoms with Crippen LogP contribution in [0.1, 0.15) is 42.9 Å². The Morgan fingerprint density at radius 2 is 1.73 bits per heavy atom. The second-order valence-corrected chi connectivity index (χ2v) is 10.6. The number of benzene rings is 3. The van der Waals surface area contributed by atoms with Crippen LogP contribution < -0.4 is 10.1 Å². The lowest BCUT2D eigenvalue weighted by Crippen LogP contribution is -2.16. The van der Waals surface area contributed by atoms with E-state index in [0.717, 1.165) is 33.7 Å². The minimum Gasteiger partial charge on any atom is -0.496 e. The summed E-state index contributed by atoms with van der Waals surface area (Å²) in [5.41, 5.74) is 5.02. The van der Waals surface area contributed by atoms with Crippen LogP contribution >= 0.6 is 22.9 Å². The molecule has 4 aromatic rings. The average Bonchev–Trinajstić information content (AvgIpc) is 3.68. The molecule has 0 aliphatic heterocycles. The van der Waals surface area contributed by atoms with Crippen molar-refractivity contribution in [2.45, 2.75) is 31.8 Å². The van der Waals surface area contributed by atoms with Crippen molar-refractivity contribution in [3.63, 3.8) is 0 Å². The van der Waals surface area contributed by atoms with Gasteiger partial charge >= 0.3 is 6.09 Å². The number of anilines is 1. The molecule has 1 amide bonds. The normalized spacial score (nSPS) is 13.8. The molecule has 1 N–H and O–H groups in total. The Labute approximate surface area is 222 Å². The molecule has 3 aromatic carbocycles. The summed E-state index contributed by atoms with van der Waals surface area (Å²) < 4.78 is 38.4. The highest BCUT2D eigenvalue weighted by atomic mass is 35.5. The van der Waals surface area contributed by atoms with Crippen LogP contribution in [0.2, 0.25) is 4.34 Å². The molecule has 1 aliphatic carbocycles. The number of carbonyl (C=O) groups excluding carboxylic acids is 1. The molecular weight excluding hydrogens is 516 g/mol. The molecule has 1 saturated carbocycles. The smallest absolute Gasteiger partial charge is 0.412 e. The number of thiophene rings is 1. The number of methoxy groups -OCH3 is 1. The Kier molecular flexibility index (Phi) is 7.17. The lowest BCUT2D eigenvalue weighted by Gasteiger charge is -2.15. The number of ether oxygens (including phenoxy) is 2. The van der Waals surface area contributed by atoms with Crippen molar-refractivity contribution in [3.05, 3.63) is 93.8 Å². The molecule has 1 fully saturated rings. The zero-order valence-electron chi connectivity index (χ0n) is 20.2. The zero-order valence-corrected chi connectivity index (χ0v) is 21.8. The van der Waals surface area contributed by atoms with Crippen molar-refractivity contribution in [2.24, 2.45) is 0 Å². The summed E-state index contributed by atoms with van der Waals surface area (Å²) >= 11 is 7.61. The fraction of sp³-hybridized carbons (Fsp3) is 0.207. The van der Waals surface area contributed by atoms with E-state index < -0.39 is 23.8 Å². The maximum atomic E-state index is 13.6. The van der Waals surface area contributed by atoms with E-state index in [1.807, 2.05) is 18.2 Å². The number of hydrogen-bond donors (Lipinski definition) is 1. The van der Waals surface area contributed by atoms with Gasteiger partial charge in [0, 0.05) is 5.56 Å². The summed E-state index contributed by atoms with van der Waals surface area (Å²) in [6.07, 6.45) is 0.980. The van der Waals surface area contributed by atoms with E-state index in [0.29, 0.717) is 27.3 Å². The summed E-state index contributed by atoms with van der Waals surface area (Å²) in [5, 5.41) is 2.72. The SMILES string of the molecule is COc1cc(-c2sc(Cl)cc2NC(=O)O[C@H](C)c2ccc(F)c(F)c2)ccc1-c1ccc(C2CC2)cc1. The van der Waals surface area contributed by atoms with Crippen LogP contribution in [0.4, 0.5) is 19.3 Å². The minimum atomic E-state index is -1.00. The number of rotatable bonds is 7. The average molecular weight is 540 g/mol. The lowest BCUT2D eigenvalue weighted by molar-refractivity contribution is 0.121. The maximum absolute atomic E-state index is 13.6. The largest absolute Gasteiger partial charge is 0.496 e. The topological polar surface area (TPSA) is 47.6 Å². The second-order valence-electron chi connectivity index (χ2n) is 8.95. The zero-order chi connectivity index (χ0) is 26.1. The number of carbonyl (C=O) groups is 1. The fourth-order valence-electron chi connectivity index (χ4n) is 4.22. The summed E-state index contributed by atoms with van der Waals surface area (Å²) in [5.74, 6) is -0.577. The summed E-state index contributed by atoms with van der Waals surface area (Å²) in [4.78, 5) is 13.4. The van der Waals surface area contributed by atoms with Gasteiger partial charge in [0.25, 0.3) is 0 Å². The van der Waals surface area contributed by atoms with Crippen molar-refractivity contribution >= 4 is 34.7 Å². The molecule has 0 radical (unpaired) electrons. The Bertz CT molecular complexity index is 1450. The van der Waals surface area contributed by atoms with E-state index in [1.54, 1.807) is 20.1 Å². The highest BCUT2D eigenvalue weighted by Crippen LogP contribution is 2.44. The van der Waals surface area contributed by atoms with E-state index in [-0.39, 0.29) is 0 Å². The molecule has 8 heteroatoms. The molecule has 0 bridgehead atoms. The van der Waals surface area contributed by atoms with Gasteiger partial charge in [-0.3, -0.25) is 5.32 Å². The first-order valence-electron chi connectivity index (χ1n) is 11.8. The predicted octanol–water partition coefficient (Wildman–Crippen LogP) is 9.21. The third-order valence-corrected chi connectivity index (χ3v) is 7.68. The second kappa shape index (κ2) is 10.5. The number of hydrogen-bond acceptors (Lipinski definition) is 4. The van der Waals surface area contributed by atoms with E-state index in [4.69, 9.17) is 21.1 Å². The molecule has 1 aliphatic rings. The molecular formula is C29H24ClF2NO3S. The standard InChI is InChI=1S/C29H24ClF2NO3S/c1-16(20-10-12-23(31)24(32)13-20)36-29(34)33-25-15-27(30)37-28(25)21-9-11-22(26(14-21)35-2)19-7-5-18(6-8-19)17-3-4-17/h5-17H,3-4H2,1-2H3,(H,33,34)/t16-/m1/s1. The van der Waals surface area contributed by atoms with Gasteiger partial charge in [-0.25, -0.2) is 13.6 Å². The Balaban J connectivity index is 1.35. The van der Waals surface area contributed by atoms with Crippen molar-refractivity contribution < 1.29 is 23.0 Å². The van der Waals surface area contributed by atoms with Gasteiger partial charge in [0.15, 0.2) is 11.6 Å². The molecule has 0 unspecified atom stereocenters. The molecule has 190 valence electrons. The quantitative estimate of drug-likeness (QED) is 0.254. The molecule has 37 heavy (non-hydrogen) atoms. The lowest BCUT2D eigenvalue weighted by atomic mass is 9.99. The van der Waals surface area contributed by atoms with Gasteiger partial charge < -0.3 is 9.47 Å². The molecule has 1 atom stereocenters.